The highest BCUT2D eigenvalue weighted by atomic mass is 32.2. The number of aryl methyl sites for hydroxylation is 1. The number of fused-ring (bicyclic) bond motifs is 1. The average molecular weight is 262 g/mol. The Morgan fingerprint density at radius 1 is 1.33 bits per heavy atom. The van der Waals surface area contributed by atoms with Crippen molar-refractivity contribution >= 4 is 22.7 Å². The number of nitrogens with zero attached hydrogens (tertiary/aromatic N) is 1. The molecule has 4 heteroatoms. The molecule has 0 aliphatic rings. The third-order valence-corrected chi connectivity index (χ3v) is 3.65. The highest BCUT2D eigenvalue weighted by Crippen LogP contribution is 2.30. The van der Waals surface area contributed by atoms with E-state index in [-0.39, 0.29) is 0 Å². The second-order valence-corrected chi connectivity index (χ2v) is 5.15. The monoisotopic (exact) mass is 262 g/mol. The number of rotatable bonds is 5. The van der Waals surface area contributed by atoms with Gasteiger partial charge in [0.2, 0.25) is 0 Å². The van der Waals surface area contributed by atoms with E-state index in [2.05, 4.69) is 17.1 Å². The first kappa shape index (κ1) is 13.2. The summed E-state index contributed by atoms with van der Waals surface area (Å²) in [6.45, 7) is 5.36. The maximum atomic E-state index is 5.57. The lowest BCUT2D eigenvalue weighted by atomic mass is 10.2. The molecule has 2 aromatic rings. The standard InChI is InChI=1S/C14H18N2OS/c1-3-17-11-4-5-13-12(9-11)14(18-7-6-15)8-10(2)16-13/h4-5,8-9H,3,6-7,15H2,1-2H3. The van der Waals surface area contributed by atoms with E-state index in [0.717, 1.165) is 28.1 Å². The van der Waals surface area contributed by atoms with E-state index in [4.69, 9.17) is 10.5 Å². The zero-order chi connectivity index (χ0) is 13.0. The number of benzene rings is 1. The molecule has 0 bridgehead atoms. The SMILES string of the molecule is CCOc1ccc2nc(C)cc(SCCN)c2c1. The van der Waals surface area contributed by atoms with Crippen LogP contribution >= 0.6 is 11.8 Å². The van der Waals surface area contributed by atoms with E-state index in [1.807, 2.05) is 26.0 Å². The second kappa shape index (κ2) is 6.07. The molecule has 1 aromatic heterocycles. The van der Waals surface area contributed by atoms with Crippen molar-refractivity contribution in [2.45, 2.75) is 18.7 Å². The lowest BCUT2D eigenvalue weighted by molar-refractivity contribution is 0.340. The van der Waals surface area contributed by atoms with Crippen molar-refractivity contribution < 1.29 is 4.74 Å². The Bertz CT molecular complexity index is 543. The van der Waals surface area contributed by atoms with Gasteiger partial charge in [-0.25, -0.2) is 0 Å². The fourth-order valence-corrected chi connectivity index (χ4v) is 2.76. The summed E-state index contributed by atoms with van der Waals surface area (Å²) >= 11 is 1.77. The van der Waals surface area contributed by atoms with Gasteiger partial charge in [-0.05, 0) is 38.1 Å². The highest BCUT2D eigenvalue weighted by Gasteiger charge is 2.06. The van der Waals surface area contributed by atoms with Crippen LogP contribution in [0.2, 0.25) is 0 Å². The second-order valence-electron chi connectivity index (χ2n) is 4.01. The van der Waals surface area contributed by atoms with Crippen LogP contribution in [0, 0.1) is 6.92 Å². The smallest absolute Gasteiger partial charge is 0.120 e. The van der Waals surface area contributed by atoms with E-state index >= 15 is 0 Å². The zero-order valence-corrected chi connectivity index (χ0v) is 11.6. The third-order valence-electron chi connectivity index (χ3n) is 2.56. The van der Waals surface area contributed by atoms with E-state index in [1.165, 1.54) is 4.90 Å². The van der Waals surface area contributed by atoms with Crippen LogP contribution in [0.1, 0.15) is 12.6 Å². The fourth-order valence-electron chi connectivity index (χ4n) is 1.84. The summed E-state index contributed by atoms with van der Waals surface area (Å²) in [6, 6.07) is 8.15. The van der Waals surface area contributed by atoms with Crippen molar-refractivity contribution in [3.63, 3.8) is 0 Å². The van der Waals surface area contributed by atoms with Crippen molar-refractivity contribution in [2.24, 2.45) is 5.73 Å². The fraction of sp³-hybridized carbons (Fsp3) is 0.357. The molecular weight excluding hydrogens is 244 g/mol. The maximum absolute atomic E-state index is 5.57. The molecular formula is C14H18N2OS. The summed E-state index contributed by atoms with van der Waals surface area (Å²) < 4.78 is 5.54. The van der Waals surface area contributed by atoms with Gasteiger partial charge in [-0.2, -0.15) is 0 Å². The normalized spacial score (nSPS) is 10.8. The van der Waals surface area contributed by atoms with Gasteiger partial charge in [-0.15, -0.1) is 11.8 Å². The van der Waals surface area contributed by atoms with Gasteiger partial charge in [-0.3, -0.25) is 4.98 Å². The quantitative estimate of drug-likeness (QED) is 0.842. The van der Waals surface area contributed by atoms with Crippen LogP contribution in [0.25, 0.3) is 10.9 Å². The zero-order valence-electron chi connectivity index (χ0n) is 10.8. The minimum absolute atomic E-state index is 0.677. The number of hydrogen-bond donors (Lipinski definition) is 1. The van der Waals surface area contributed by atoms with Gasteiger partial charge in [0.15, 0.2) is 0 Å². The Labute approximate surface area is 112 Å². The molecule has 3 nitrogen and oxygen atoms in total. The predicted molar refractivity (Wildman–Crippen MR) is 77.4 cm³/mol. The summed E-state index contributed by atoms with van der Waals surface area (Å²) in [5.41, 5.74) is 7.62. The summed E-state index contributed by atoms with van der Waals surface area (Å²) in [7, 11) is 0. The van der Waals surface area contributed by atoms with Crippen LogP contribution in [-0.4, -0.2) is 23.9 Å². The van der Waals surface area contributed by atoms with Crippen LogP contribution in [0.5, 0.6) is 5.75 Å². The Hall–Kier alpha value is -1.26. The molecule has 1 aromatic carbocycles. The lowest BCUT2D eigenvalue weighted by Gasteiger charge is -2.09. The van der Waals surface area contributed by atoms with Crippen molar-refractivity contribution in [1.82, 2.24) is 4.98 Å². The number of pyridine rings is 1. The molecule has 2 rings (SSSR count). The summed E-state index contributed by atoms with van der Waals surface area (Å²) in [5.74, 6) is 1.81. The molecule has 0 saturated carbocycles. The third kappa shape index (κ3) is 2.94. The first-order valence-corrected chi connectivity index (χ1v) is 7.10. The predicted octanol–water partition coefficient (Wildman–Crippen LogP) is 2.99. The molecule has 0 unspecified atom stereocenters. The van der Waals surface area contributed by atoms with Crippen molar-refractivity contribution in [3.8, 4) is 5.75 Å². The Balaban J connectivity index is 2.47. The molecule has 0 saturated heterocycles. The van der Waals surface area contributed by atoms with E-state index < -0.39 is 0 Å². The molecule has 0 atom stereocenters. The molecule has 0 amide bonds. The minimum Gasteiger partial charge on any atom is -0.494 e. The number of thioether (sulfide) groups is 1. The maximum Gasteiger partial charge on any atom is 0.120 e. The van der Waals surface area contributed by atoms with Crippen LogP contribution in [0.4, 0.5) is 0 Å². The first-order valence-electron chi connectivity index (χ1n) is 6.11. The number of ether oxygens (including phenoxy) is 1. The van der Waals surface area contributed by atoms with Gasteiger partial charge in [-0.1, -0.05) is 0 Å². The molecule has 18 heavy (non-hydrogen) atoms. The van der Waals surface area contributed by atoms with E-state index in [1.54, 1.807) is 11.8 Å². The molecule has 0 fully saturated rings. The summed E-state index contributed by atoms with van der Waals surface area (Å²) in [5, 5.41) is 1.14. The Morgan fingerprint density at radius 3 is 2.89 bits per heavy atom. The summed E-state index contributed by atoms with van der Waals surface area (Å²) in [4.78, 5) is 5.77. The molecule has 0 spiro atoms. The van der Waals surface area contributed by atoms with Gasteiger partial charge in [0.05, 0.1) is 12.1 Å². The first-order chi connectivity index (χ1) is 8.74. The van der Waals surface area contributed by atoms with Gasteiger partial charge in [0, 0.05) is 28.3 Å². The van der Waals surface area contributed by atoms with Crippen LogP contribution in [0.3, 0.4) is 0 Å². The Morgan fingerprint density at radius 2 is 2.17 bits per heavy atom. The van der Waals surface area contributed by atoms with Gasteiger partial charge >= 0.3 is 0 Å². The average Bonchev–Trinajstić information content (AvgIpc) is 2.36. The number of hydrogen-bond acceptors (Lipinski definition) is 4. The number of nitrogens with two attached hydrogens (primary N) is 1. The molecule has 1 heterocycles. The van der Waals surface area contributed by atoms with Crippen molar-refractivity contribution in [2.75, 3.05) is 18.9 Å². The van der Waals surface area contributed by atoms with Crippen molar-refractivity contribution in [1.29, 1.82) is 0 Å². The molecule has 0 aliphatic heterocycles. The van der Waals surface area contributed by atoms with Crippen LogP contribution in [-0.2, 0) is 0 Å². The van der Waals surface area contributed by atoms with Crippen LogP contribution in [0.15, 0.2) is 29.2 Å². The van der Waals surface area contributed by atoms with Crippen molar-refractivity contribution in [3.05, 3.63) is 30.0 Å². The van der Waals surface area contributed by atoms with Gasteiger partial charge < -0.3 is 10.5 Å². The van der Waals surface area contributed by atoms with E-state index in [9.17, 15) is 0 Å². The highest BCUT2D eigenvalue weighted by molar-refractivity contribution is 7.99. The molecule has 0 radical (unpaired) electrons. The largest absolute Gasteiger partial charge is 0.494 e. The molecule has 0 aliphatic carbocycles. The number of aromatic nitrogens is 1. The summed E-state index contributed by atoms with van der Waals surface area (Å²) in [6.07, 6.45) is 0. The van der Waals surface area contributed by atoms with Gasteiger partial charge in [0.25, 0.3) is 0 Å². The van der Waals surface area contributed by atoms with Crippen LogP contribution < -0.4 is 10.5 Å². The van der Waals surface area contributed by atoms with E-state index in [0.29, 0.717) is 13.2 Å². The van der Waals surface area contributed by atoms with Gasteiger partial charge in [0.1, 0.15) is 5.75 Å². The molecule has 96 valence electrons. The minimum atomic E-state index is 0.677. The molecule has 2 N–H and O–H groups in total. The topological polar surface area (TPSA) is 48.1 Å². The Kier molecular flexibility index (Phi) is 4.44. The lowest BCUT2D eigenvalue weighted by Crippen LogP contribution is -2.01.